The van der Waals surface area contributed by atoms with E-state index in [1.54, 1.807) is 45.4 Å². The molecule has 0 atom stereocenters. The van der Waals surface area contributed by atoms with Crippen molar-refractivity contribution in [3.05, 3.63) is 60.3 Å². The fraction of sp³-hybridized carbons (Fsp3) is 0.0667. The number of carbonyl (C=O) groups is 1. The number of fused-ring (bicyclic) bond motifs is 1. The summed E-state index contributed by atoms with van der Waals surface area (Å²) in [6, 6.07) is 9.40. The van der Waals surface area contributed by atoms with Crippen molar-refractivity contribution in [2.75, 3.05) is 10.6 Å². The van der Waals surface area contributed by atoms with Crippen LogP contribution in [0.1, 0.15) is 10.4 Å². The number of rotatable bonds is 4. The van der Waals surface area contributed by atoms with Crippen LogP contribution in [0.2, 0.25) is 0 Å². The molecule has 0 amide bonds. The molecule has 0 saturated carbocycles. The summed E-state index contributed by atoms with van der Waals surface area (Å²) in [6.45, 7) is 0. The second-order valence-electron chi connectivity index (χ2n) is 4.49. The van der Waals surface area contributed by atoms with Crippen LogP contribution in [0.5, 0.6) is 0 Å². The molecule has 0 bridgehead atoms. The van der Waals surface area contributed by atoms with E-state index in [1.165, 1.54) is 30.4 Å². The van der Waals surface area contributed by atoms with Gasteiger partial charge < -0.3 is 5.11 Å². The molecule has 0 aliphatic rings. The number of hydrogen-bond acceptors (Lipinski definition) is 4. The molecule has 0 saturated heterocycles. The maximum atomic E-state index is 14.1. The Morgan fingerprint density at radius 3 is 2.77 bits per heavy atom. The Hall–Kier alpha value is -2.54. The number of pyridine rings is 1. The molecule has 0 aliphatic carbocycles. The van der Waals surface area contributed by atoms with Crippen LogP contribution >= 0.6 is 11.9 Å². The number of para-hydroxylation sites is 1. The van der Waals surface area contributed by atoms with Crippen molar-refractivity contribution in [3.8, 4) is 0 Å². The fourth-order valence-electron chi connectivity index (χ4n) is 2.27. The number of benzene rings is 1. The largest absolute Gasteiger partial charge is 0.478 e. The highest BCUT2D eigenvalue weighted by Gasteiger charge is 2.22. The summed E-state index contributed by atoms with van der Waals surface area (Å²) >= 11 is 1.22. The Morgan fingerprint density at radius 1 is 1.32 bits per heavy atom. The van der Waals surface area contributed by atoms with Gasteiger partial charge in [-0.25, -0.2) is 14.2 Å². The van der Waals surface area contributed by atoms with Gasteiger partial charge in [-0.05, 0) is 36.2 Å². The molecule has 3 rings (SSSR count). The maximum absolute atomic E-state index is 14.1. The topological polar surface area (TPSA) is 57.8 Å². The third-order valence-electron chi connectivity index (χ3n) is 3.23. The number of halogens is 1. The molecule has 3 aromatic rings. The molecule has 0 aliphatic heterocycles. The Kier molecular flexibility index (Phi) is 3.72. The highest BCUT2D eigenvalue weighted by atomic mass is 32.2. The SMILES string of the molecule is CSN(c1ccccc1F)c1c(C(=O)O)ccc2cncn12. The number of aromatic nitrogens is 2. The standard InChI is InChI=1S/C15H12FN3O2S/c1-22-19(13-5-3-2-4-12(13)16)14-11(15(20)21)7-6-10-8-17-9-18(10)14/h2-9H,1H3,(H,20,21). The molecule has 22 heavy (non-hydrogen) atoms. The van der Waals surface area contributed by atoms with Gasteiger partial charge >= 0.3 is 5.97 Å². The van der Waals surface area contributed by atoms with E-state index in [-0.39, 0.29) is 5.56 Å². The molecule has 7 heteroatoms. The number of nitrogens with zero attached hydrogens (tertiary/aromatic N) is 3. The van der Waals surface area contributed by atoms with Gasteiger partial charge in [0, 0.05) is 6.26 Å². The minimum absolute atomic E-state index is 0.0723. The molecule has 0 unspecified atom stereocenters. The lowest BCUT2D eigenvalue weighted by atomic mass is 10.2. The Balaban J connectivity index is 2.30. The number of carboxylic acids is 1. The van der Waals surface area contributed by atoms with E-state index in [0.717, 1.165) is 5.52 Å². The molecule has 2 heterocycles. The molecule has 1 aromatic carbocycles. The second kappa shape index (κ2) is 5.69. The summed E-state index contributed by atoms with van der Waals surface area (Å²) < 4.78 is 17.3. The van der Waals surface area contributed by atoms with E-state index >= 15 is 0 Å². The number of imidazole rings is 1. The van der Waals surface area contributed by atoms with Gasteiger partial charge in [0.05, 0.1) is 17.4 Å². The normalized spacial score (nSPS) is 10.8. The maximum Gasteiger partial charge on any atom is 0.339 e. The smallest absolute Gasteiger partial charge is 0.339 e. The summed E-state index contributed by atoms with van der Waals surface area (Å²) in [5.74, 6) is -1.16. The molecule has 0 fully saturated rings. The minimum atomic E-state index is -1.08. The lowest BCUT2D eigenvalue weighted by Crippen LogP contribution is -2.16. The average molecular weight is 317 g/mol. The molecular formula is C15H12FN3O2S. The fourth-order valence-corrected chi connectivity index (χ4v) is 2.97. The van der Waals surface area contributed by atoms with Crippen molar-refractivity contribution in [1.82, 2.24) is 9.38 Å². The Morgan fingerprint density at radius 2 is 2.09 bits per heavy atom. The number of hydrogen-bond donors (Lipinski definition) is 1. The first-order valence-corrected chi connectivity index (χ1v) is 7.58. The molecule has 0 spiro atoms. The zero-order chi connectivity index (χ0) is 15.7. The van der Waals surface area contributed by atoms with E-state index in [9.17, 15) is 14.3 Å². The molecule has 5 nitrogen and oxygen atoms in total. The summed E-state index contributed by atoms with van der Waals surface area (Å²) in [5.41, 5.74) is 1.09. The monoisotopic (exact) mass is 317 g/mol. The highest BCUT2D eigenvalue weighted by molar-refractivity contribution is 8.00. The van der Waals surface area contributed by atoms with Crippen LogP contribution in [0.3, 0.4) is 0 Å². The number of aromatic carboxylic acids is 1. The van der Waals surface area contributed by atoms with Crippen LogP contribution in [0.15, 0.2) is 48.9 Å². The van der Waals surface area contributed by atoms with E-state index in [0.29, 0.717) is 11.5 Å². The van der Waals surface area contributed by atoms with Crippen molar-refractivity contribution in [2.45, 2.75) is 0 Å². The van der Waals surface area contributed by atoms with Crippen molar-refractivity contribution < 1.29 is 14.3 Å². The lowest BCUT2D eigenvalue weighted by Gasteiger charge is -2.24. The van der Waals surface area contributed by atoms with Gasteiger partial charge in [-0.1, -0.05) is 12.1 Å². The van der Waals surface area contributed by atoms with E-state index in [2.05, 4.69) is 4.98 Å². The van der Waals surface area contributed by atoms with Gasteiger partial charge in [-0.15, -0.1) is 0 Å². The predicted octanol–water partition coefficient (Wildman–Crippen LogP) is 3.59. The van der Waals surface area contributed by atoms with Gasteiger partial charge in [-0.3, -0.25) is 8.71 Å². The van der Waals surface area contributed by atoms with Crippen LogP contribution in [0.4, 0.5) is 15.9 Å². The average Bonchev–Trinajstić information content (AvgIpc) is 2.98. The first-order chi connectivity index (χ1) is 10.6. The molecule has 112 valence electrons. The van der Waals surface area contributed by atoms with Gasteiger partial charge in [-0.2, -0.15) is 0 Å². The van der Waals surface area contributed by atoms with E-state index in [1.807, 2.05) is 0 Å². The van der Waals surface area contributed by atoms with Crippen LogP contribution in [0, 0.1) is 5.82 Å². The van der Waals surface area contributed by atoms with E-state index in [4.69, 9.17) is 0 Å². The molecular weight excluding hydrogens is 305 g/mol. The van der Waals surface area contributed by atoms with Crippen molar-refractivity contribution in [1.29, 1.82) is 0 Å². The Labute approximate surface area is 130 Å². The minimum Gasteiger partial charge on any atom is -0.478 e. The van der Waals surface area contributed by atoms with Crippen LogP contribution in [-0.2, 0) is 0 Å². The number of carboxylic acid groups (broad SMARTS) is 1. The predicted molar refractivity (Wildman–Crippen MR) is 84.2 cm³/mol. The van der Waals surface area contributed by atoms with Gasteiger partial charge in [0.2, 0.25) is 0 Å². The summed E-state index contributed by atoms with van der Waals surface area (Å²) in [5, 5.41) is 9.46. The zero-order valence-electron chi connectivity index (χ0n) is 11.6. The van der Waals surface area contributed by atoms with Crippen molar-refractivity contribution >= 4 is 34.9 Å². The first-order valence-electron chi connectivity index (χ1n) is 6.40. The third-order valence-corrected chi connectivity index (χ3v) is 3.97. The third kappa shape index (κ3) is 2.29. The first kappa shape index (κ1) is 14.4. The zero-order valence-corrected chi connectivity index (χ0v) is 12.4. The second-order valence-corrected chi connectivity index (χ2v) is 5.22. The van der Waals surface area contributed by atoms with Crippen molar-refractivity contribution in [3.63, 3.8) is 0 Å². The van der Waals surface area contributed by atoms with Crippen LogP contribution < -0.4 is 4.31 Å². The lowest BCUT2D eigenvalue weighted by molar-refractivity contribution is 0.0697. The molecule has 0 radical (unpaired) electrons. The molecule has 1 N–H and O–H groups in total. The Bertz CT molecular complexity index is 850. The van der Waals surface area contributed by atoms with Gasteiger partial charge in [0.25, 0.3) is 0 Å². The van der Waals surface area contributed by atoms with Crippen LogP contribution in [0.25, 0.3) is 5.52 Å². The van der Waals surface area contributed by atoms with Crippen molar-refractivity contribution in [2.24, 2.45) is 0 Å². The summed E-state index contributed by atoms with van der Waals surface area (Å²) in [6.07, 6.45) is 4.89. The van der Waals surface area contributed by atoms with E-state index < -0.39 is 11.8 Å². The van der Waals surface area contributed by atoms with Crippen LogP contribution in [-0.4, -0.2) is 26.7 Å². The molecule has 2 aromatic heterocycles. The quantitative estimate of drug-likeness (QED) is 0.745. The van der Waals surface area contributed by atoms with Gasteiger partial charge in [0.15, 0.2) is 0 Å². The van der Waals surface area contributed by atoms with Gasteiger partial charge in [0.1, 0.15) is 23.5 Å². The summed E-state index contributed by atoms with van der Waals surface area (Å²) in [4.78, 5) is 15.6. The number of anilines is 2. The highest BCUT2D eigenvalue weighted by Crippen LogP contribution is 2.35. The summed E-state index contributed by atoms with van der Waals surface area (Å²) in [7, 11) is 0.